The highest BCUT2D eigenvalue weighted by molar-refractivity contribution is 14.0. The van der Waals surface area contributed by atoms with Crippen molar-refractivity contribution in [3.8, 4) is 0 Å². The Balaban J connectivity index is 0.00000225. The molecule has 1 saturated carbocycles. The number of guanidine groups is 1. The number of carbonyl (C=O) groups excluding carboxylic acids is 1. The molecule has 0 atom stereocenters. The zero-order chi connectivity index (χ0) is 11.4. The van der Waals surface area contributed by atoms with E-state index >= 15 is 0 Å². The second kappa shape index (κ2) is 6.93. The van der Waals surface area contributed by atoms with E-state index in [0.29, 0.717) is 25.0 Å². The molecular weight excluding hydrogens is 319 g/mol. The van der Waals surface area contributed by atoms with Crippen LogP contribution in [-0.2, 0) is 4.79 Å². The van der Waals surface area contributed by atoms with Crippen LogP contribution in [0.4, 0.5) is 0 Å². The summed E-state index contributed by atoms with van der Waals surface area (Å²) in [6.45, 7) is 0.472. The minimum absolute atomic E-state index is 0. The fourth-order valence-corrected chi connectivity index (χ4v) is 1.25. The number of halogens is 1. The minimum atomic E-state index is 0. The summed E-state index contributed by atoms with van der Waals surface area (Å²) in [6.07, 6.45) is 2.82. The van der Waals surface area contributed by atoms with Gasteiger partial charge in [-0.25, -0.2) is 0 Å². The number of aliphatic imine (C=N–C) groups is 1. The highest BCUT2D eigenvalue weighted by Gasteiger charge is 2.27. The number of amides is 1. The lowest BCUT2D eigenvalue weighted by molar-refractivity contribution is -0.128. The Morgan fingerprint density at radius 2 is 1.94 bits per heavy atom. The predicted octanol–water partition coefficient (Wildman–Crippen LogP) is 0.492. The number of nitrogens with zero attached hydrogens (tertiary/aromatic N) is 3. The fourth-order valence-electron chi connectivity index (χ4n) is 1.25. The molecule has 1 aliphatic rings. The largest absolute Gasteiger partial charge is 0.370 e. The van der Waals surface area contributed by atoms with Gasteiger partial charge in [0.1, 0.15) is 0 Å². The summed E-state index contributed by atoms with van der Waals surface area (Å²) in [7, 11) is 5.43. The van der Waals surface area contributed by atoms with E-state index in [0.717, 1.165) is 0 Å². The number of hydrogen-bond acceptors (Lipinski definition) is 2. The molecule has 0 spiro atoms. The van der Waals surface area contributed by atoms with E-state index in [1.54, 1.807) is 19.0 Å². The van der Waals surface area contributed by atoms with E-state index in [1.165, 1.54) is 12.8 Å². The summed E-state index contributed by atoms with van der Waals surface area (Å²) in [5.74, 6) is 0.629. The van der Waals surface area contributed by atoms with Crippen molar-refractivity contribution in [1.29, 1.82) is 0 Å². The van der Waals surface area contributed by atoms with Gasteiger partial charge in [-0.2, -0.15) is 0 Å². The molecule has 0 aromatic carbocycles. The van der Waals surface area contributed by atoms with Crippen molar-refractivity contribution < 1.29 is 4.79 Å². The molecule has 1 amide bonds. The summed E-state index contributed by atoms with van der Waals surface area (Å²) in [5.41, 5.74) is 5.77. The second-order valence-corrected chi connectivity index (χ2v) is 4.12. The first kappa shape index (κ1) is 15.5. The third-order valence-corrected chi connectivity index (χ3v) is 2.55. The fraction of sp³-hybridized carbons (Fsp3) is 0.800. The van der Waals surface area contributed by atoms with Crippen LogP contribution < -0.4 is 5.73 Å². The molecule has 0 unspecified atom stereocenters. The summed E-state index contributed by atoms with van der Waals surface area (Å²) >= 11 is 0. The lowest BCUT2D eigenvalue weighted by atomic mass is 10.4. The van der Waals surface area contributed by atoms with Gasteiger partial charge in [-0.05, 0) is 12.8 Å². The molecule has 94 valence electrons. The highest BCUT2D eigenvalue weighted by atomic mass is 127. The molecule has 0 heterocycles. The van der Waals surface area contributed by atoms with Crippen LogP contribution in [0.25, 0.3) is 0 Å². The monoisotopic (exact) mass is 340 g/mol. The summed E-state index contributed by atoms with van der Waals surface area (Å²) < 4.78 is 0. The molecule has 1 rings (SSSR count). The van der Waals surface area contributed by atoms with Crippen molar-refractivity contribution in [2.75, 3.05) is 27.7 Å². The molecule has 0 aromatic heterocycles. The minimum Gasteiger partial charge on any atom is -0.370 e. The normalized spacial score (nSPS) is 15.3. The van der Waals surface area contributed by atoms with E-state index in [1.807, 2.05) is 11.9 Å². The first-order chi connectivity index (χ1) is 7.02. The van der Waals surface area contributed by atoms with E-state index in [4.69, 9.17) is 5.73 Å². The van der Waals surface area contributed by atoms with Crippen molar-refractivity contribution in [3.63, 3.8) is 0 Å². The van der Waals surface area contributed by atoms with E-state index in [2.05, 4.69) is 4.99 Å². The molecule has 0 radical (unpaired) electrons. The molecule has 5 nitrogen and oxygen atoms in total. The predicted molar refractivity (Wildman–Crippen MR) is 76.0 cm³/mol. The Morgan fingerprint density at radius 3 is 2.38 bits per heavy atom. The molecule has 2 N–H and O–H groups in total. The van der Waals surface area contributed by atoms with Crippen molar-refractivity contribution in [3.05, 3.63) is 0 Å². The Labute approximate surface area is 114 Å². The smallest absolute Gasteiger partial charge is 0.223 e. The molecule has 0 aliphatic heterocycles. The van der Waals surface area contributed by atoms with Crippen LogP contribution in [0.15, 0.2) is 4.99 Å². The van der Waals surface area contributed by atoms with Crippen molar-refractivity contribution in [1.82, 2.24) is 9.80 Å². The highest BCUT2D eigenvalue weighted by Crippen LogP contribution is 2.24. The molecular formula is C10H21IN4O. The Kier molecular flexibility index (Phi) is 6.70. The number of hydrogen-bond donors (Lipinski definition) is 1. The van der Waals surface area contributed by atoms with Gasteiger partial charge in [0.05, 0.1) is 6.54 Å². The summed E-state index contributed by atoms with van der Waals surface area (Å²) in [4.78, 5) is 19.0. The summed E-state index contributed by atoms with van der Waals surface area (Å²) in [6, 6.07) is 0.568. The zero-order valence-electron chi connectivity index (χ0n) is 10.1. The Hall–Kier alpha value is -0.530. The van der Waals surface area contributed by atoms with Gasteiger partial charge in [0.15, 0.2) is 5.96 Å². The van der Waals surface area contributed by atoms with Crippen molar-refractivity contribution in [2.45, 2.75) is 25.3 Å². The van der Waals surface area contributed by atoms with E-state index in [-0.39, 0.29) is 29.9 Å². The maximum absolute atomic E-state index is 11.2. The van der Waals surface area contributed by atoms with Gasteiger partial charge in [0.2, 0.25) is 5.91 Å². The van der Waals surface area contributed by atoms with Crippen LogP contribution in [0.5, 0.6) is 0 Å². The van der Waals surface area contributed by atoms with Crippen molar-refractivity contribution >= 4 is 35.8 Å². The molecule has 0 bridgehead atoms. The SMILES string of the molecule is CN(C)C(=O)CCN=C(N)N(C)C1CC1.I. The quantitative estimate of drug-likeness (QED) is 0.460. The zero-order valence-corrected chi connectivity index (χ0v) is 12.5. The van der Waals surface area contributed by atoms with E-state index in [9.17, 15) is 4.79 Å². The van der Waals surface area contributed by atoms with Gasteiger partial charge >= 0.3 is 0 Å². The van der Waals surface area contributed by atoms with Crippen LogP contribution in [0.3, 0.4) is 0 Å². The number of carbonyl (C=O) groups is 1. The topological polar surface area (TPSA) is 61.9 Å². The third-order valence-electron chi connectivity index (χ3n) is 2.55. The van der Waals surface area contributed by atoms with Crippen LogP contribution in [0, 0.1) is 0 Å². The molecule has 1 aliphatic carbocycles. The van der Waals surface area contributed by atoms with Crippen LogP contribution in [0.2, 0.25) is 0 Å². The van der Waals surface area contributed by atoms with E-state index < -0.39 is 0 Å². The molecule has 0 saturated heterocycles. The lowest BCUT2D eigenvalue weighted by Gasteiger charge is -2.17. The van der Waals surface area contributed by atoms with Crippen LogP contribution in [0.1, 0.15) is 19.3 Å². The second-order valence-electron chi connectivity index (χ2n) is 4.12. The van der Waals surface area contributed by atoms with Gasteiger partial charge in [-0.1, -0.05) is 0 Å². The molecule has 16 heavy (non-hydrogen) atoms. The van der Waals surface area contributed by atoms with Gasteiger partial charge in [-0.3, -0.25) is 9.79 Å². The summed E-state index contributed by atoms with van der Waals surface area (Å²) in [5, 5.41) is 0. The van der Waals surface area contributed by atoms with Gasteiger partial charge in [0, 0.05) is 33.6 Å². The standard InChI is InChI=1S/C10H20N4O.HI/c1-13(2)9(15)6-7-12-10(11)14(3)8-4-5-8;/h8H,4-7H2,1-3H3,(H2,11,12);1H. The van der Waals surface area contributed by atoms with Crippen LogP contribution >= 0.6 is 24.0 Å². The van der Waals surface area contributed by atoms with Crippen molar-refractivity contribution in [2.24, 2.45) is 10.7 Å². The maximum Gasteiger partial charge on any atom is 0.223 e. The average Bonchev–Trinajstić information content (AvgIpc) is 2.99. The molecule has 0 aromatic rings. The molecule has 1 fully saturated rings. The Bertz CT molecular complexity index is 264. The van der Waals surface area contributed by atoms with Gasteiger partial charge < -0.3 is 15.5 Å². The number of nitrogens with two attached hydrogens (primary N) is 1. The third kappa shape index (κ3) is 5.00. The van der Waals surface area contributed by atoms with Gasteiger partial charge in [-0.15, -0.1) is 24.0 Å². The maximum atomic E-state index is 11.2. The van der Waals surface area contributed by atoms with Crippen LogP contribution in [-0.4, -0.2) is 55.4 Å². The number of rotatable bonds is 4. The first-order valence-corrected chi connectivity index (χ1v) is 5.25. The average molecular weight is 340 g/mol. The molecule has 6 heteroatoms. The lowest BCUT2D eigenvalue weighted by Crippen LogP contribution is -2.36. The Morgan fingerprint density at radius 1 is 1.38 bits per heavy atom. The first-order valence-electron chi connectivity index (χ1n) is 5.25. The van der Waals surface area contributed by atoms with Gasteiger partial charge in [0.25, 0.3) is 0 Å².